The van der Waals surface area contributed by atoms with E-state index in [9.17, 15) is 4.57 Å². The van der Waals surface area contributed by atoms with Crippen LogP contribution in [0.3, 0.4) is 0 Å². The molecular formula is C11H23O3P. The van der Waals surface area contributed by atoms with Crippen LogP contribution < -0.4 is 0 Å². The zero-order valence-electron chi connectivity index (χ0n) is 10.4. The van der Waals surface area contributed by atoms with Crippen molar-refractivity contribution in [3.05, 3.63) is 0 Å². The van der Waals surface area contributed by atoms with Gasteiger partial charge in [-0.15, -0.1) is 0 Å². The minimum Gasteiger partial charge on any atom is -0.324 e. The van der Waals surface area contributed by atoms with Crippen molar-refractivity contribution in [2.24, 2.45) is 11.8 Å². The zero-order valence-corrected chi connectivity index (χ0v) is 11.3. The predicted molar refractivity (Wildman–Crippen MR) is 62.6 cm³/mol. The molecule has 0 rings (SSSR count). The fourth-order valence-corrected chi connectivity index (χ4v) is 4.91. The molecule has 0 aliphatic rings. The Labute approximate surface area is 93.0 Å². The molecule has 0 aromatic carbocycles. The van der Waals surface area contributed by atoms with Crippen molar-refractivity contribution in [1.82, 2.24) is 0 Å². The molecule has 0 saturated heterocycles. The van der Waals surface area contributed by atoms with Gasteiger partial charge in [0.1, 0.15) is 0 Å². The summed E-state index contributed by atoms with van der Waals surface area (Å²) in [7, 11) is -1.82. The van der Waals surface area contributed by atoms with Crippen molar-refractivity contribution in [1.29, 1.82) is 0 Å². The molecule has 0 amide bonds. The third-order valence-corrected chi connectivity index (χ3v) is 5.04. The van der Waals surface area contributed by atoms with Gasteiger partial charge in [-0.1, -0.05) is 34.1 Å². The Hall–Kier alpha value is -0.390. The van der Waals surface area contributed by atoms with Gasteiger partial charge >= 0.3 is 6.15 Å². The van der Waals surface area contributed by atoms with Crippen LogP contribution in [-0.4, -0.2) is 25.1 Å². The van der Waals surface area contributed by atoms with Gasteiger partial charge in [-0.2, -0.15) is 9.59 Å². The van der Waals surface area contributed by atoms with Crippen LogP contribution in [-0.2, 0) is 14.2 Å². The molecule has 0 heterocycles. The maximum absolute atomic E-state index is 12.0. The molecule has 0 N–H and O–H groups in total. The first-order chi connectivity index (χ1) is 6.79. The van der Waals surface area contributed by atoms with Gasteiger partial charge in [-0.25, -0.2) is 0 Å². The van der Waals surface area contributed by atoms with Crippen molar-refractivity contribution in [3.63, 3.8) is 0 Å². The van der Waals surface area contributed by atoms with Gasteiger partial charge in [0, 0.05) is 12.3 Å². The van der Waals surface area contributed by atoms with E-state index in [0.717, 1.165) is 18.7 Å². The monoisotopic (exact) mass is 234 g/mol. The minimum atomic E-state index is -1.82. The Bertz CT molecular complexity index is 230. The van der Waals surface area contributed by atoms with Crippen molar-refractivity contribution in [2.45, 2.75) is 34.1 Å². The number of hydrogen-bond donors (Lipinski definition) is 0. The molecule has 0 saturated carbocycles. The molecule has 15 heavy (non-hydrogen) atoms. The average molecular weight is 234 g/mol. The average Bonchev–Trinajstić information content (AvgIpc) is 2.01. The summed E-state index contributed by atoms with van der Waals surface area (Å²) in [4.78, 5) is 16.2. The molecule has 90 valence electrons. The van der Waals surface area contributed by atoms with E-state index in [2.05, 4.69) is 27.7 Å². The fraction of sp³-hybridized carbons (Fsp3) is 0.909. The third kappa shape index (κ3) is 13.6. The molecule has 0 aromatic rings. The largest absolute Gasteiger partial charge is 0.373 e. The Balaban J connectivity index is 0. The summed E-state index contributed by atoms with van der Waals surface area (Å²) in [6, 6.07) is 0. The molecule has 0 fully saturated rings. The molecule has 0 aromatic heterocycles. The van der Waals surface area contributed by atoms with Gasteiger partial charge in [0.15, 0.2) is 0 Å². The lowest BCUT2D eigenvalue weighted by atomic mass is 10.2. The first-order valence-electron chi connectivity index (χ1n) is 5.33. The second kappa shape index (κ2) is 8.88. The number of rotatable bonds is 5. The summed E-state index contributed by atoms with van der Waals surface area (Å²) < 4.78 is 12.0. The summed E-state index contributed by atoms with van der Waals surface area (Å²) in [5.41, 5.74) is 0. The first kappa shape index (κ1) is 17.0. The van der Waals surface area contributed by atoms with Crippen LogP contribution in [0.2, 0.25) is 0 Å². The van der Waals surface area contributed by atoms with Crippen molar-refractivity contribution in [3.8, 4) is 0 Å². The second-order valence-corrected chi connectivity index (χ2v) is 7.98. The number of carbonyl (C=O) groups excluding carboxylic acids is 2. The van der Waals surface area contributed by atoms with Crippen molar-refractivity contribution in [2.75, 3.05) is 19.0 Å². The van der Waals surface area contributed by atoms with Crippen LogP contribution in [0.5, 0.6) is 0 Å². The highest BCUT2D eigenvalue weighted by atomic mass is 31.2. The van der Waals surface area contributed by atoms with Gasteiger partial charge in [-0.3, -0.25) is 0 Å². The lowest BCUT2D eigenvalue weighted by molar-refractivity contribution is -0.191. The van der Waals surface area contributed by atoms with Crippen molar-refractivity contribution >= 4 is 13.3 Å². The van der Waals surface area contributed by atoms with Gasteiger partial charge in [0.05, 0.1) is 7.14 Å². The topological polar surface area (TPSA) is 51.2 Å². The normalized spacial score (nSPS) is 15.9. The van der Waals surface area contributed by atoms with Crippen LogP contribution in [0.1, 0.15) is 34.1 Å². The van der Waals surface area contributed by atoms with Crippen LogP contribution in [0.25, 0.3) is 0 Å². The maximum Gasteiger partial charge on any atom is 0.373 e. The van der Waals surface area contributed by atoms with E-state index in [4.69, 9.17) is 9.59 Å². The van der Waals surface area contributed by atoms with Gasteiger partial charge < -0.3 is 4.57 Å². The lowest BCUT2D eigenvalue weighted by Crippen LogP contribution is -2.06. The van der Waals surface area contributed by atoms with Gasteiger partial charge in [0.2, 0.25) is 0 Å². The minimum absolute atomic E-state index is 0.250. The maximum atomic E-state index is 12.0. The fourth-order valence-electron chi connectivity index (χ4n) is 1.64. The van der Waals surface area contributed by atoms with Crippen LogP contribution in [0.15, 0.2) is 0 Å². The Morgan fingerprint density at radius 3 is 1.80 bits per heavy atom. The molecule has 4 heteroatoms. The van der Waals surface area contributed by atoms with E-state index < -0.39 is 7.14 Å². The molecule has 0 bridgehead atoms. The predicted octanol–water partition coefficient (Wildman–Crippen LogP) is 3.10. The summed E-state index contributed by atoms with van der Waals surface area (Å²) in [6.07, 6.45) is 3.24. The van der Waals surface area contributed by atoms with Gasteiger partial charge in [-0.05, 0) is 18.5 Å². The molecule has 3 nitrogen and oxygen atoms in total. The smallest absolute Gasteiger partial charge is 0.324 e. The molecule has 2 atom stereocenters. The van der Waals surface area contributed by atoms with E-state index in [1.165, 1.54) is 0 Å². The zero-order chi connectivity index (χ0) is 12.5. The van der Waals surface area contributed by atoms with Crippen LogP contribution in [0, 0.1) is 11.8 Å². The summed E-state index contributed by atoms with van der Waals surface area (Å²) >= 11 is 0. The van der Waals surface area contributed by atoms with E-state index in [0.29, 0.717) is 11.8 Å². The van der Waals surface area contributed by atoms with Crippen LogP contribution in [0.4, 0.5) is 0 Å². The molecule has 0 radical (unpaired) electrons. The quantitative estimate of drug-likeness (QED) is 0.687. The molecule has 0 aliphatic carbocycles. The molecule has 2 unspecified atom stereocenters. The summed E-state index contributed by atoms with van der Waals surface area (Å²) in [5.74, 6) is 1.20. The van der Waals surface area contributed by atoms with Crippen LogP contribution >= 0.6 is 7.14 Å². The highest BCUT2D eigenvalue weighted by molar-refractivity contribution is 7.63. The Morgan fingerprint density at radius 1 is 1.13 bits per heavy atom. The lowest BCUT2D eigenvalue weighted by Gasteiger charge is -2.18. The Morgan fingerprint density at radius 2 is 1.53 bits per heavy atom. The summed E-state index contributed by atoms with van der Waals surface area (Å²) in [5, 5.41) is 0. The first-order valence-corrected chi connectivity index (χ1v) is 7.86. The highest BCUT2D eigenvalue weighted by Crippen LogP contribution is 2.45. The van der Waals surface area contributed by atoms with E-state index in [1.54, 1.807) is 0 Å². The highest BCUT2D eigenvalue weighted by Gasteiger charge is 2.19. The molecular weight excluding hydrogens is 211 g/mol. The molecule has 0 aliphatic heterocycles. The second-order valence-electron chi connectivity index (χ2n) is 4.65. The third-order valence-electron chi connectivity index (χ3n) is 2.15. The van der Waals surface area contributed by atoms with Gasteiger partial charge in [0.25, 0.3) is 0 Å². The Kier molecular flexibility index (Phi) is 10.1. The SMILES string of the molecule is CCC(C)CP(C)(=O)CC(C)C.O=C=O. The molecule has 0 spiro atoms. The standard InChI is InChI=1S/C10H23OP.CO2/c1-6-10(4)8-12(5,11)7-9(2)3;2-1-3/h9-10H,6-8H2,1-5H3;. The van der Waals surface area contributed by atoms with E-state index in [1.807, 2.05) is 6.66 Å². The van der Waals surface area contributed by atoms with E-state index in [-0.39, 0.29) is 6.15 Å². The summed E-state index contributed by atoms with van der Waals surface area (Å²) in [6.45, 7) is 10.6. The number of hydrogen-bond acceptors (Lipinski definition) is 3. The van der Waals surface area contributed by atoms with Crippen molar-refractivity contribution < 1.29 is 14.2 Å². The van der Waals surface area contributed by atoms with E-state index >= 15 is 0 Å².